The Bertz CT molecular complexity index is 799. The van der Waals surface area contributed by atoms with E-state index in [0.29, 0.717) is 5.89 Å². The third-order valence-corrected chi connectivity index (χ3v) is 4.27. The number of aromatic nitrogens is 2. The van der Waals surface area contributed by atoms with Crippen LogP contribution in [0.3, 0.4) is 0 Å². The van der Waals surface area contributed by atoms with Crippen LogP contribution >= 0.6 is 12.4 Å². The molecular weight excluding hydrogens is 312 g/mol. The first-order valence-corrected chi connectivity index (χ1v) is 7.55. The summed E-state index contributed by atoms with van der Waals surface area (Å²) in [5, 5.41) is 9.90. The summed E-state index contributed by atoms with van der Waals surface area (Å²) in [7, 11) is 2.10. The number of benzene rings is 2. The molecule has 2 aromatic carbocycles. The molecule has 0 aliphatic carbocycles. The summed E-state index contributed by atoms with van der Waals surface area (Å²) in [6.07, 6.45) is 0. The van der Waals surface area contributed by atoms with Gasteiger partial charge in [-0.2, -0.15) is 4.98 Å². The summed E-state index contributed by atoms with van der Waals surface area (Å²) in [6, 6.07) is 14.6. The zero-order valence-corrected chi connectivity index (χ0v) is 13.7. The summed E-state index contributed by atoms with van der Waals surface area (Å²) in [4.78, 5) is 6.90. The van der Waals surface area contributed by atoms with Crippen molar-refractivity contribution in [2.24, 2.45) is 0 Å². The number of likely N-dealkylation sites (N-methyl/N-ethyl adjacent to an activating group) is 1. The summed E-state index contributed by atoms with van der Waals surface area (Å²) in [5.41, 5.74) is 0.989. The summed E-state index contributed by atoms with van der Waals surface area (Å²) in [6.45, 7) is 2.84. The van der Waals surface area contributed by atoms with Crippen molar-refractivity contribution in [3.05, 3.63) is 48.3 Å². The van der Waals surface area contributed by atoms with E-state index < -0.39 is 0 Å². The van der Waals surface area contributed by atoms with Crippen LogP contribution in [-0.2, 0) is 0 Å². The van der Waals surface area contributed by atoms with E-state index in [1.807, 2.05) is 24.3 Å². The van der Waals surface area contributed by atoms with E-state index in [1.54, 1.807) is 0 Å². The zero-order valence-electron chi connectivity index (χ0n) is 12.9. The average molecular weight is 331 g/mol. The average Bonchev–Trinajstić information content (AvgIpc) is 3.04. The Morgan fingerprint density at radius 1 is 1.17 bits per heavy atom. The maximum absolute atomic E-state index is 5.54. The molecule has 6 heteroatoms. The number of halogens is 1. The molecule has 0 radical (unpaired) electrons. The molecule has 1 fully saturated rings. The lowest BCUT2D eigenvalue weighted by Crippen LogP contribution is -2.44. The largest absolute Gasteiger partial charge is 0.334 e. The summed E-state index contributed by atoms with van der Waals surface area (Å²) in [5.74, 6) is 1.34. The third-order valence-electron chi connectivity index (χ3n) is 4.27. The fraction of sp³-hybridized carbons (Fsp3) is 0.294. The lowest BCUT2D eigenvalue weighted by molar-refractivity contribution is 0.190. The minimum Gasteiger partial charge on any atom is -0.334 e. The number of fused-ring (bicyclic) bond motifs is 1. The van der Waals surface area contributed by atoms with Gasteiger partial charge in [-0.3, -0.25) is 4.90 Å². The van der Waals surface area contributed by atoms with Gasteiger partial charge < -0.3 is 9.84 Å². The number of hydrogen-bond donors (Lipinski definition) is 1. The number of piperazine rings is 1. The maximum Gasteiger partial charge on any atom is 0.258 e. The van der Waals surface area contributed by atoms with E-state index in [0.717, 1.165) is 36.4 Å². The van der Waals surface area contributed by atoms with Gasteiger partial charge in [0.25, 0.3) is 5.89 Å². The Balaban J connectivity index is 0.00000156. The van der Waals surface area contributed by atoms with Crippen molar-refractivity contribution < 1.29 is 4.52 Å². The fourth-order valence-corrected chi connectivity index (χ4v) is 2.99. The van der Waals surface area contributed by atoms with Gasteiger partial charge in [-0.25, -0.2) is 0 Å². The molecule has 2 heterocycles. The van der Waals surface area contributed by atoms with Crippen molar-refractivity contribution in [2.45, 2.75) is 6.04 Å². The molecule has 1 N–H and O–H groups in total. The Labute approximate surface area is 141 Å². The quantitative estimate of drug-likeness (QED) is 0.783. The number of rotatable bonds is 2. The first-order valence-electron chi connectivity index (χ1n) is 7.55. The predicted molar refractivity (Wildman–Crippen MR) is 92.7 cm³/mol. The van der Waals surface area contributed by atoms with Crippen LogP contribution in [0, 0.1) is 0 Å². The van der Waals surface area contributed by atoms with E-state index in [2.05, 4.69) is 45.6 Å². The third kappa shape index (κ3) is 2.95. The van der Waals surface area contributed by atoms with Crippen molar-refractivity contribution in [1.29, 1.82) is 0 Å². The van der Waals surface area contributed by atoms with Gasteiger partial charge in [0, 0.05) is 25.2 Å². The Morgan fingerprint density at radius 3 is 2.87 bits per heavy atom. The minimum absolute atomic E-state index is 0. The van der Waals surface area contributed by atoms with Crippen LogP contribution in [0.1, 0.15) is 11.9 Å². The molecule has 120 valence electrons. The van der Waals surface area contributed by atoms with Crippen LogP contribution in [0.15, 0.2) is 47.0 Å². The molecule has 4 rings (SSSR count). The molecule has 5 nitrogen and oxygen atoms in total. The summed E-state index contributed by atoms with van der Waals surface area (Å²) >= 11 is 0. The van der Waals surface area contributed by atoms with Crippen LogP contribution in [-0.4, -0.2) is 41.7 Å². The molecule has 1 atom stereocenters. The van der Waals surface area contributed by atoms with Gasteiger partial charge in [0.05, 0.1) is 6.04 Å². The minimum atomic E-state index is 0. The van der Waals surface area contributed by atoms with Gasteiger partial charge >= 0.3 is 0 Å². The molecule has 1 saturated heterocycles. The topological polar surface area (TPSA) is 54.2 Å². The highest BCUT2D eigenvalue weighted by Crippen LogP contribution is 2.28. The molecule has 0 bridgehead atoms. The van der Waals surface area contributed by atoms with Crippen molar-refractivity contribution in [3.8, 4) is 11.5 Å². The monoisotopic (exact) mass is 330 g/mol. The van der Waals surface area contributed by atoms with Crippen molar-refractivity contribution in [2.75, 3.05) is 26.7 Å². The van der Waals surface area contributed by atoms with Gasteiger partial charge in [0.1, 0.15) is 0 Å². The Kier molecular flexibility index (Phi) is 4.61. The Morgan fingerprint density at radius 2 is 2.00 bits per heavy atom. The summed E-state index contributed by atoms with van der Waals surface area (Å²) < 4.78 is 5.54. The van der Waals surface area contributed by atoms with Gasteiger partial charge in [0.2, 0.25) is 0 Å². The normalized spacial score (nSPS) is 18.7. The second-order valence-electron chi connectivity index (χ2n) is 5.68. The van der Waals surface area contributed by atoms with Gasteiger partial charge in [0.15, 0.2) is 5.82 Å². The molecule has 0 spiro atoms. The lowest BCUT2D eigenvalue weighted by atomic mass is 10.0. The molecule has 1 aliphatic heterocycles. The first-order chi connectivity index (χ1) is 10.8. The lowest BCUT2D eigenvalue weighted by Gasteiger charge is -2.30. The van der Waals surface area contributed by atoms with E-state index in [9.17, 15) is 0 Å². The van der Waals surface area contributed by atoms with Crippen LogP contribution in [0.25, 0.3) is 22.2 Å². The zero-order chi connectivity index (χ0) is 14.9. The molecular formula is C17H19ClN4O. The molecule has 1 aliphatic rings. The second-order valence-corrected chi connectivity index (χ2v) is 5.68. The van der Waals surface area contributed by atoms with Gasteiger partial charge in [-0.1, -0.05) is 41.6 Å². The number of nitrogens with one attached hydrogen (secondary N) is 1. The van der Waals surface area contributed by atoms with E-state index in [-0.39, 0.29) is 18.4 Å². The molecule has 3 aromatic rings. The van der Waals surface area contributed by atoms with E-state index in [4.69, 9.17) is 4.52 Å². The molecule has 1 unspecified atom stereocenters. The van der Waals surface area contributed by atoms with E-state index >= 15 is 0 Å². The first kappa shape index (κ1) is 15.9. The highest BCUT2D eigenvalue weighted by Gasteiger charge is 2.25. The highest BCUT2D eigenvalue weighted by molar-refractivity contribution is 5.94. The predicted octanol–water partition coefficient (Wildman–Crippen LogP) is 2.89. The van der Waals surface area contributed by atoms with Crippen molar-refractivity contribution >= 4 is 23.2 Å². The van der Waals surface area contributed by atoms with Crippen LogP contribution in [0.5, 0.6) is 0 Å². The van der Waals surface area contributed by atoms with Crippen LogP contribution < -0.4 is 5.32 Å². The number of hydrogen-bond acceptors (Lipinski definition) is 5. The molecule has 1 aromatic heterocycles. The molecule has 23 heavy (non-hydrogen) atoms. The Hall–Kier alpha value is -1.95. The van der Waals surface area contributed by atoms with Gasteiger partial charge in [-0.05, 0) is 23.9 Å². The van der Waals surface area contributed by atoms with Crippen molar-refractivity contribution in [1.82, 2.24) is 20.4 Å². The molecule has 0 saturated carbocycles. The van der Waals surface area contributed by atoms with E-state index in [1.165, 1.54) is 5.39 Å². The second kappa shape index (κ2) is 6.66. The molecule has 0 amide bonds. The standard InChI is InChI=1S/C17H18N4O.ClH/c1-21-10-9-18-11-15(21)16-19-17(22-20-16)14-8-4-6-12-5-2-3-7-13(12)14;/h2-8,15,18H,9-11H2,1H3;1H. The van der Waals surface area contributed by atoms with Crippen molar-refractivity contribution in [3.63, 3.8) is 0 Å². The highest BCUT2D eigenvalue weighted by atomic mass is 35.5. The fourth-order valence-electron chi connectivity index (χ4n) is 2.99. The SMILES string of the molecule is CN1CCNCC1c1noc(-c2cccc3ccccc23)n1.Cl. The van der Waals surface area contributed by atoms with Crippen LogP contribution in [0.4, 0.5) is 0 Å². The van der Waals surface area contributed by atoms with Crippen LogP contribution in [0.2, 0.25) is 0 Å². The maximum atomic E-state index is 5.54. The number of nitrogens with zero attached hydrogens (tertiary/aromatic N) is 3. The van der Waals surface area contributed by atoms with Gasteiger partial charge in [-0.15, -0.1) is 12.4 Å². The smallest absolute Gasteiger partial charge is 0.258 e.